The zero-order valence-corrected chi connectivity index (χ0v) is 14.6. The van der Waals surface area contributed by atoms with Crippen LogP contribution in [0.3, 0.4) is 0 Å². The number of nitrogens with zero attached hydrogens (tertiary/aromatic N) is 5. The number of aromatic nitrogens is 3. The van der Waals surface area contributed by atoms with Crippen molar-refractivity contribution in [1.82, 2.24) is 15.0 Å². The molecule has 1 aromatic carbocycles. The average Bonchev–Trinajstić information content (AvgIpc) is 2.74. The van der Waals surface area contributed by atoms with Gasteiger partial charge in [0.05, 0.1) is 0 Å². The maximum atomic E-state index is 4.68. The van der Waals surface area contributed by atoms with Crippen LogP contribution >= 0.6 is 0 Å². The molecular weight excluding hydrogens is 324 g/mol. The van der Waals surface area contributed by atoms with Crippen molar-refractivity contribution in [2.45, 2.75) is 6.54 Å². The van der Waals surface area contributed by atoms with Gasteiger partial charge >= 0.3 is 0 Å². The van der Waals surface area contributed by atoms with E-state index in [1.807, 2.05) is 24.4 Å². The molecule has 0 atom stereocenters. The van der Waals surface area contributed by atoms with Crippen molar-refractivity contribution < 1.29 is 0 Å². The van der Waals surface area contributed by atoms with E-state index in [0.717, 1.165) is 37.6 Å². The third kappa shape index (κ3) is 3.91. The number of rotatable bonds is 5. The Morgan fingerprint density at radius 3 is 2.31 bits per heavy atom. The number of pyridine rings is 1. The molecule has 2 aromatic heterocycles. The molecule has 0 radical (unpaired) electrons. The van der Waals surface area contributed by atoms with Crippen LogP contribution in [0.2, 0.25) is 0 Å². The van der Waals surface area contributed by atoms with Gasteiger partial charge in [-0.3, -0.25) is 4.98 Å². The Morgan fingerprint density at radius 2 is 1.54 bits per heavy atom. The van der Waals surface area contributed by atoms with Gasteiger partial charge in [-0.2, -0.15) is 4.98 Å². The van der Waals surface area contributed by atoms with Crippen LogP contribution in [-0.4, -0.2) is 41.1 Å². The van der Waals surface area contributed by atoms with Crippen molar-refractivity contribution >= 4 is 17.5 Å². The minimum absolute atomic E-state index is 0.657. The van der Waals surface area contributed by atoms with E-state index >= 15 is 0 Å². The number of nitrogens with one attached hydrogen (secondary N) is 1. The quantitative estimate of drug-likeness (QED) is 0.767. The molecule has 6 heteroatoms. The molecule has 6 nitrogen and oxygen atoms in total. The predicted octanol–water partition coefficient (Wildman–Crippen LogP) is 2.81. The van der Waals surface area contributed by atoms with Gasteiger partial charge in [-0.05, 0) is 35.9 Å². The Labute approximate surface area is 153 Å². The number of piperazine rings is 1. The molecule has 3 aromatic rings. The molecule has 1 aliphatic heterocycles. The maximum Gasteiger partial charge on any atom is 0.224 e. The van der Waals surface area contributed by atoms with Crippen LogP contribution in [0, 0.1) is 0 Å². The summed E-state index contributed by atoms with van der Waals surface area (Å²) in [5.41, 5.74) is 2.44. The standard InChI is InChI=1S/C20H22N6/c1-2-4-18(5-3-1)25-12-14-26(15-13-25)19-8-11-22-20(24-19)23-16-17-6-9-21-10-7-17/h1-11H,12-16H2,(H,22,23,24). The van der Waals surface area contributed by atoms with Crippen LogP contribution in [-0.2, 0) is 6.54 Å². The first-order valence-electron chi connectivity index (χ1n) is 8.89. The Kier molecular flexibility index (Phi) is 4.91. The number of hydrogen-bond acceptors (Lipinski definition) is 6. The van der Waals surface area contributed by atoms with Gasteiger partial charge < -0.3 is 15.1 Å². The maximum absolute atomic E-state index is 4.68. The van der Waals surface area contributed by atoms with Crippen molar-refractivity contribution in [2.24, 2.45) is 0 Å². The molecule has 1 N–H and O–H groups in total. The van der Waals surface area contributed by atoms with Crippen LogP contribution in [0.25, 0.3) is 0 Å². The highest BCUT2D eigenvalue weighted by molar-refractivity contribution is 5.50. The van der Waals surface area contributed by atoms with Crippen molar-refractivity contribution in [3.8, 4) is 0 Å². The van der Waals surface area contributed by atoms with Crippen LogP contribution < -0.4 is 15.1 Å². The molecule has 1 fully saturated rings. The third-order valence-electron chi connectivity index (χ3n) is 4.57. The van der Waals surface area contributed by atoms with Gasteiger partial charge in [0, 0.05) is 57.0 Å². The molecule has 26 heavy (non-hydrogen) atoms. The fraction of sp³-hybridized carbons (Fsp3) is 0.250. The van der Waals surface area contributed by atoms with Gasteiger partial charge in [0.15, 0.2) is 0 Å². The Balaban J connectivity index is 1.36. The van der Waals surface area contributed by atoms with E-state index < -0.39 is 0 Å². The monoisotopic (exact) mass is 346 g/mol. The molecule has 3 heterocycles. The van der Waals surface area contributed by atoms with Crippen LogP contribution in [0.4, 0.5) is 17.5 Å². The van der Waals surface area contributed by atoms with E-state index in [1.165, 1.54) is 5.69 Å². The van der Waals surface area contributed by atoms with E-state index in [4.69, 9.17) is 0 Å². The van der Waals surface area contributed by atoms with E-state index in [1.54, 1.807) is 12.4 Å². The lowest BCUT2D eigenvalue weighted by Crippen LogP contribution is -2.46. The third-order valence-corrected chi connectivity index (χ3v) is 4.57. The Hall–Kier alpha value is -3.15. The molecule has 0 unspecified atom stereocenters. The summed E-state index contributed by atoms with van der Waals surface area (Å²) < 4.78 is 0. The predicted molar refractivity (Wildman–Crippen MR) is 104 cm³/mol. The summed E-state index contributed by atoms with van der Waals surface area (Å²) in [5.74, 6) is 1.63. The molecule has 0 amide bonds. The summed E-state index contributed by atoms with van der Waals surface area (Å²) in [6.07, 6.45) is 5.40. The zero-order valence-electron chi connectivity index (χ0n) is 14.6. The Morgan fingerprint density at radius 1 is 0.808 bits per heavy atom. The highest BCUT2D eigenvalue weighted by Crippen LogP contribution is 2.19. The summed E-state index contributed by atoms with van der Waals surface area (Å²) in [4.78, 5) is 17.8. The summed E-state index contributed by atoms with van der Waals surface area (Å²) in [6.45, 7) is 4.58. The SMILES string of the molecule is c1ccc(N2CCN(c3ccnc(NCc4ccncc4)n3)CC2)cc1. The average molecular weight is 346 g/mol. The van der Waals surface area contributed by atoms with Gasteiger partial charge in [0.1, 0.15) is 5.82 Å². The Bertz CT molecular complexity index is 816. The summed E-state index contributed by atoms with van der Waals surface area (Å²) in [6, 6.07) is 16.5. The second kappa shape index (κ2) is 7.82. The van der Waals surface area contributed by atoms with Gasteiger partial charge in [0.25, 0.3) is 0 Å². The molecule has 1 aliphatic rings. The van der Waals surface area contributed by atoms with Crippen molar-refractivity contribution in [3.05, 3.63) is 72.7 Å². The van der Waals surface area contributed by atoms with Crippen LogP contribution in [0.15, 0.2) is 67.1 Å². The van der Waals surface area contributed by atoms with E-state index in [2.05, 4.69) is 60.4 Å². The summed E-state index contributed by atoms with van der Waals surface area (Å²) in [5, 5.41) is 3.29. The fourth-order valence-corrected chi connectivity index (χ4v) is 3.12. The second-order valence-corrected chi connectivity index (χ2v) is 6.26. The minimum atomic E-state index is 0.657. The highest BCUT2D eigenvalue weighted by Gasteiger charge is 2.18. The first-order valence-corrected chi connectivity index (χ1v) is 8.89. The lowest BCUT2D eigenvalue weighted by molar-refractivity contribution is 0.647. The van der Waals surface area contributed by atoms with Crippen LogP contribution in [0.5, 0.6) is 0 Å². The molecule has 0 spiro atoms. The fourth-order valence-electron chi connectivity index (χ4n) is 3.12. The molecule has 4 rings (SSSR count). The smallest absolute Gasteiger partial charge is 0.224 e. The van der Waals surface area contributed by atoms with Gasteiger partial charge in [-0.25, -0.2) is 4.98 Å². The number of para-hydroxylation sites is 1. The lowest BCUT2D eigenvalue weighted by atomic mass is 10.2. The molecule has 0 saturated carbocycles. The topological polar surface area (TPSA) is 57.2 Å². The molecule has 1 saturated heterocycles. The first kappa shape index (κ1) is 16.3. The molecule has 132 valence electrons. The van der Waals surface area contributed by atoms with E-state index in [-0.39, 0.29) is 0 Å². The lowest BCUT2D eigenvalue weighted by Gasteiger charge is -2.36. The van der Waals surface area contributed by atoms with Crippen molar-refractivity contribution in [3.63, 3.8) is 0 Å². The van der Waals surface area contributed by atoms with E-state index in [0.29, 0.717) is 12.5 Å². The molecule has 0 bridgehead atoms. The number of benzene rings is 1. The number of hydrogen-bond donors (Lipinski definition) is 1. The zero-order chi connectivity index (χ0) is 17.6. The molecular formula is C20H22N6. The van der Waals surface area contributed by atoms with E-state index in [9.17, 15) is 0 Å². The minimum Gasteiger partial charge on any atom is -0.368 e. The largest absolute Gasteiger partial charge is 0.368 e. The normalized spacial score (nSPS) is 14.3. The highest BCUT2D eigenvalue weighted by atomic mass is 15.3. The summed E-state index contributed by atoms with van der Waals surface area (Å²) >= 11 is 0. The first-order chi connectivity index (χ1) is 12.9. The van der Waals surface area contributed by atoms with Gasteiger partial charge in [-0.1, -0.05) is 18.2 Å². The molecule has 0 aliphatic carbocycles. The van der Waals surface area contributed by atoms with Crippen molar-refractivity contribution in [1.29, 1.82) is 0 Å². The van der Waals surface area contributed by atoms with Gasteiger partial charge in [-0.15, -0.1) is 0 Å². The summed E-state index contributed by atoms with van der Waals surface area (Å²) in [7, 11) is 0. The van der Waals surface area contributed by atoms with Crippen LogP contribution in [0.1, 0.15) is 5.56 Å². The van der Waals surface area contributed by atoms with Crippen molar-refractivity contribution in [2.75, 3.05) is 41.3 Å². The number of anilines is 3. The van der Waals surface area contributed by atoms with Gasteiger partial charge in [0.2, 0.25) is 5.95 Å². The second-order valence-electron chi connectivity index (χ2n) is 6.26.